The Kier molecular flexibility index (Phi) is 5.42. The second-order valence-corrected chi connectivity index (χ2v) is 5.86. The molecule has 1 aromatic heterocycles. The summed E-state index contributed by atoms with van der Waals surface area (Å²) in [7, 11) is 0. The Morgan fingerprint density at radius 1 is 1.41 bits per heavy atom. The SMILES string of the molecule is CC(CN)C(=O)Nc1nc2ccccc2n1C1CCCC1.Cl. The number of nitrogens with zero attached hydrogens (tertiary/aromatic N) is 2. The summed E-state index contributed by atoms with van der Waals surface area (Å²) < 4.78 is 2.20. The van der Waals surface area contributed by atoms with Crippen LogP contribution in [0.3, 0.4) is 0 Å². The zero-order valence-electron chi connectivity index (χ0n) is 12.8. The summed E-state index contributed by atoms with van der Waals surface area (Å²) in [5.74, 6) is 0.391. The van der Waals surface area contributed by atoms with Gasteiger partial charge in [0, 0.05) is 18.5 Å². The van der Waals surface area contributed by atoms with Gasteiger partial charge < -0.3 is 10.3 Å². The van der Waals surface area contributed by atoms with Crippen LogP contribution < -0.4 is 11.1 Å². The molecule has 0 spiro atoms. The number of halogens is 1. The van der Waals surface area contributed by atoms with Crippen LogP contribution in [0.2, 0.25) is 0 Å². The monoisotopic (exact) mass is 322 g/mol. The molecule has 0 radical (unpaired) electrons. The Bertz CT molecular complexity index is 649. The number of aromatic nitrogens is 2. The molecule has 1 unspecified atom stereocenters. The molecule has 1 fully saturated rings. The minimum atomic E-state index is -0.207. The van der Waals surface area contributed by atoms with E-state index in [0.29, 0.717) is 18.5 Å². The number of anilines is 1. The van der Waals surface area contributed by atoms with Crippen molar-refractivity contribution in [3.05, 3.63) is 24.3 Å². The van der Waals surface area contributed by atoms with Crippen molar-refractivity contribution in [1.29, 1.82) is 0 Å². The quantitative estimate of drug-likeness (QED) is 0.908. The lowest BCUT2D eigenvalue weighted by molar-refractivity contribution is -0.119. The van der Waals surface area contributed by atoms with Crippen LogP contribution in [0.1, 0.15) is 38.6 Å². The van der Waals surface area contributed by atoms with E-state index in [9.17, 15) is 4.79 Å². The number of imidazole rings is 1. The van der Waals surface area contributed by atoms with Crippen LogP contribution >= 0.6 is 12.4 Å². The molecule has 1 atom stereocenters. The summed E-state index contributed by atoms with van der Waals surface area (Å²) in [5.41, 5.74) is 7.60. The lowest BCUT2D eigenvalue weighted by atomic mass is 10.2. The molecule has 1 saturated carbocycles. The number of carbonyl (C=O) groups is 1. The summed E-state index contributed by atoms with van der Waals surface area (Å²) in [6.45, 7) is 2.17. The molecule has 1 aromatic carbocycles. The van der Waals surface area contributed by atoms with Crippen LogP contribution in [0.4, 0.5) is 5.95 Å². The minimum absolute atomic E-state index is 0. The highest BCUT2D eigenvalue weighted by molar-refractivity contribution is 5.93. The largest absolute Gasteiger partial charge is 0.330 e. The lowest BCUT2D eigenvalue weighted by Crippen LogP contribution is -2.28. The third kappa shape index (κ3) is 3.10. The number of amides is 1. The van der Waals surface area contributed by atoms with E-state index in [-0.39, 0.29) is 24.2 Å². The molecule has 22 heavy (non-hydrogen) atoms. The summed E-state index contributed by atoms with van der Waals surface area (Å²) in [5, 5.41) is 2.96. The average Bonchev–Trinajstić information content (AvgIpc) is 3.12. The van der Waals surface area contributed by atoms with Crippen molar-refractivity contribution in [3.63, 3.8) is 0 Å². The normalized spacial score (nSPS) is 16.5. The molecule has 1 heterocycles. The number of para-hydroxylation sites is 2. The molecule has 0 aliphatic heterocycles. The maximum atomic E-state index is 12.1. The number of rotatable bonds is 4. The molecule has 3 N–H and O–H groups in total. The van der Waals surface area contributed by atoms with Crippen LogP contribution in [-0.4, -0.2) is 22.0 Å². The van der Waals surface area contributed by atoms with Crippen LogP contribution in [0.5, 0.6) is 0 Å². The average molecular weight is 323 g/mol. The summed E-state index contributed by atoms with van der Waals surface area (Å²) in [6.07, 6.45) is 4.78. The van der Waals surface area contributed by atoms with Gasteiger partial charge in [0.25, 0.3) is 0 Å². The molecule has 3 rings (SSSR count). The molecule has 6 heteroatoms. The zero-order chi connectivity index (χ0) is 14.8. The first kappa shape index (κ1) is 16.8. The summed E-state index contributed by atoms with van der Waals surface area (Å²) in [4.78, 5) is 16.7. The lowest BCUT2D eigenvalue weighted by Gasteiger charge is -2.17. The maximum absolute atomic E-state index is 12.1. The molecule has 2 aromatic rings. The third-order valence-electron chi connectivity index (χ3n) is 4.32. The van der Waals surface area contributed by atoms with Gasteiger partial charge in [-0.3, -0.25) is 10.1 Å². The molecule has 1 aliphatic carbocycles. The first-order valence-electron chi connectivity index (χ1n) is 7.68. The topological polar surface area (TPSA) is 72.9 Å². The number of carbonyl (C=O) groups excluding carboxylic acids is 1. The fourth-order valence-electron chi connectivity index (χ4n) is 3.01. The first-order chi connectivity index (χ1) is 10.2. The minimum Gasteiger partial charge on any atom is -0.330 e. The fourth-order valence-corrected chi connectivity index (χ4v) is 3.01. The van der Waals surface area contributed by atoms with E-state index in [2.05, 4.69) is 20.9 Å². The second-order valence-electron chi connectivity index (χ2n) is 5.86. The van der Waals surface area contributed by atoms with Gasteiger partial charge in [0.1, 0.15) is 0 Å². The number of benzene rings is 1. The number of fused-ring (bicyclic) bond motifs is 1. The standard InChI is InChI=1S/C16H22N4O.ClH/c1-11(10-17)15(21)19-16-18-13-8-4-5-9-14(13)20(16)12-6-2-3-7-12;/h4-5,8-9,11-12H,2-3,6-7,10,17H2,1H3,(H,18,19,21);1H. The van der Waals surface area contributed by atoms with E-state index < -0.39 is 0 Å². The van der Waals surface area contributed by atoms with E-state index in [4.69, 9.17) is 5.73 Å². The molecule has 1 amide bonds. The van der Waals surface area contributed by atoms with E-state index in [1.165, 1.54) is 12.8 Å². The number of nitrogens with two attached hydrogens (primary N) is 1. The molecule has 1 aliphatic rings. The first-order valence-corrected chi connectivity index (χ1v) is 7.68. The summed E-state index contributed by atoms with van der Waals surface area (Å²) >= 11 is 0. The maximum Gasteiger partial charge on any atom is 0.230 e. The third-order valence-corrected chi connectivity index (χ3v) is 4.32. The van der Waals surface area contributed by atoms with Crippen molar-refractivity contribution in [2.75, 3.05) is 11.9 Å². The smallest absolute Gasteiger partial charge is 0.230 e. The Hall–Kier alpha value is -1.59. The molecular formula is C16H23ClN4O. The number of nitrogens with one attached hydrogen (secondary N) is 1. The van der Waals surface area contributed by atoms with Gasteiger partial charge in [-0.15, -0.1) is 12.4 Å². The zero-order valence-corrected chi connectivity index (χ0v) is 13.6. The predicted molar refractivity (Wildman–Crippen MR) is 91.3 cm³/mol. The van der Waals surface area contributed by atoms with Crippen LogP contribution in [0.25, 0.3) is 11.0 Å². The van der Waals surface area contributed by atoms with Crippen molar-refractivity contribution < 1.29 is 4.79 Å². The van der Waals surface area contributed by atoms with Gasteiger partial charge in [-0.2, -0.15) is 0 Å². The molecule has 120 valence electrons. The van der Waals surface area contributed by atoms with Crippen molar-refractivity contribution in [2.45, 2.75) is 38.6 Å². The van der Waals surface area contributed by atoms with Gasteiger partial charge >= 0.3 is 0 Å². The Labute approximate surface area is 136 Å². The molecule has 5 nitrogen and oxygen atoms in total. The summed E-state index contributed by atoms with van der Waals surface area (Å²) in [6, 6.07) is 8.48. The molecule has 0 saturated heterocycles. The van der Waals surface area contributed by atoms with E-state index >= 15 is 0 Å². The van der Waals surface area contributed by atoms with Gasteiger partial charge in [0.15, 0.2) is 0 Å². The van der Waals surface area contributed by atoms with Crippen molar-refractivity contribution >= 4 is 35.3 Å². The van der Waals surface area contributed by atoms with Crippen LogP contribution in [0, 0.1) is 5.92 Å². The highest BCUT2D eigenvalue weighted by atomic mass is 35.5. The number of hydrogen-bond acceptors (Lipinski definition) is 3. The van der Waals surface area contributed by atoms with Crippen molar-refractivity contribution in [1.82, 2.24) is 9.55 Å². The van der Waals surface area contributed by atoms with Gasteiger partial charge in [-0.05, 0) is 25.0 Å². The Morgan fingerprint density at radius 2 is 2.09 bits per heavy atom. The van der Waals surface area contributed by atoms with E-state index in [0.717, 1.165) is 23.9 Å². The van der Waals surface area contributed by atoms with Gasteiger partial charge in [-0.1, -0.05) is 31.9 Å². The fraction of sp³-hybridized carbons (Fsp3) is 0.500. The van der Waals surface area contributed by atoms with Crippen LogP contribution in [-0.2, 0) is 4.79 Å². The van der Waals surface area contributed by atoms with Gasteiger partial charge in [-0.25, -0.2) is 4.98 Å². The molecular weight excluding hydrogens is 300 g/mol. The van der Waals surface area contributed by atoms with Crippen molar-refractivity contribution in [3.8, 4) is 0 Å². The van der Waals surface area contributed by atoms with E-state index in [1.807, 2.05) is 25.1 Å². The second kappa shape index (κ2) is 7.11. The molecule has 0 bridgehead atoms. The van der Waals surface area contributed by atoms with Gasteiger partial charge in [0.2, 0.25) is 11.9 Å². The predicted octanol–water partition coefficient (Wildman–Crippen LogP) is 3.11. The van der Waals surface area contributed by atoms with Crippen molar-refractivity contribution in [2.24, 2.45) is 11.7 Å². The highest BCUT2D eigenvalue weighted by Crippen LogP contribution is 2.35. The Morgan fingerprint density at radius 3 is 2.77 bits per heavy atom. The number of hydrogen-bond donors (Lipinski definition) is 2. The Balaban J connectivity index is 0.00000176. The van der Waals surface area contributed by atoms with Gasteiger partial charge in [0.05, 0.1) is 11.0 Å². The van der Waals surface area contributed by atoms with Crippen LogP contribution in [0.15, 0.2) is 24.3 Å². The highest BCUT2D eigenvalue weighted by Gasteiger charge is 2.24. The van der Waals surface area contributed by atoms with E-state index in [1.54, 1.807) is 0 Å².